The molecule has 0 spiro atoms. The fourth-order valence-electron chi connectivity index (χ4n) is 2.15. The van der Waals surface area contributed by atoms with E-state index in [4.69, 9.17) is 5.11 Å². The molecule has 0 aromatic rings. The number of hydrogen-bond acceptors (Lipinski definition) is 3. The molecule has 0 aromatic heterocycles. The molecule has 2 fully saturated rings. The third-order valence-corrected chi connectivity index (χ3v) is 3.12. The molecule has 78 valence electrons. The molecule has 0 radical (unpaired) electrons. The normalized spacial score (nSPS) is 37.6. The number of aliphatic hydroxyl groups is 1. The Labute approximate surface area is 82.9 Å². The SMILES string of the molecule is CC1CC(=O)N(CC2CC(O)C2)C1=O. The Morgan fingerprint density at radius 2 is 2.07 bits per heavy atom. The molecule has 1 atom stereocenters. The van der Waals surface area contributed by atoms with Gasteiger partial charge in [0.15, 0.2) is 0 Å². The molecular weight excluding hydrogens is 182 g/mol. The second kappa shape index (κ2) is 3.35. The average Bonchev–Trinajstić information content (AvgIpc) is 2.29. The van der Waals surface area contributed by atoms with E-state index >= 15 is 0 Å². The maximum absolute atomic E-state index is 11.5. The zero-order chi connectivity index (χ0) is 10.3. The fourth-order valence-corrected chi connectivity index (χ4v) is 2.15. The fraction of sp³-hybridized carbons (Fsp3) is 0.800. The van der Waals surface area contributed by atoms with E-state index in [0.717, 1.165) is 12.8 Å². The van der Waals surface area contributed by atoms with Crippen LogP contribution in [0.2, 0.25) is 0 Å². The highest BCUT2D eigenvalue weighted by molar-refractivity contribution is 6.03. The number of imide groups is 1. The molecule has 0 aromatic carbocycles. The summed E-state index contributed by atoms with van der Waals surface area (Å²) in [5.41, 5.74) is 0. The van der Waals surface area contributed by atoms with Gasteiger partial charge in [0.05, 0.1) is 6.10 Å². The number of aliphatic hydroxyl groups excluding tert-OH is 1. The van der Waals surface area contributed by atoms with Gasteiger partial charge in [0.2, 0.25) is 11.8 Å². The number of carbonyl (C=O) groups excluding carboxylic acids is 2. The van der Waals surface area contributed by atoms with Gasteiger partial charge in [0.25, 0.3) is 0 Å². The van der Waals surface area contributed by atoms with Gasteiger partial charge in [-0.15, -0.1) is 0 Å². The first kappa shape index (κ1) is 9.65. The van der Waals surface area contributed by atoms with Gasteiger partial charge in [-0.05, 0) is 18.8 Å². The van der Waals surface area contributed by atoms with Gasteiger partial charge in [0.1, 0.15) is 0 Å². The number of rotatable bonds is 2. The van der Waals surface area contributed by atoms with Gasteiger partial charge in [0, 0.05) is 18.9 Å². The molecule has 2 rings (SSSR count). The molecule has 1 aliphatic carbocycles. The number of amides is 2. The number of nitrogens with zero attached hydrogens (tertiary/aromatic N) is 1. The summed E-state index contributed by atoms with van der Waals surface area (Å²) in [6.45, 7) is 2.30. The van der Waals surface area contributed by atoms with E-state index in [9.17, 15) is 9.59 Å². The van der Waals surface area contributed by atoms with Crippen LogP contribution in [-0.2, 0) is 9.59 Å². The highest BCUT2D eigenvalue weighted by Crippen LogP contribution is 2.30. The van der Waals surface area contributed by atoms with Crippen molar-refractivity contribution in [1.29, 1.82) is 0 Å². The Kier molecular flexibility index (Phi) is 2.31. The molecule has 14 heavy (non-hydrogen) atoms. The molecule has 1 aliphatic heterocycles. The first-order chi connectivity index (χ1) is 6.58. The first-order valence-electron chi connectivity index (χ1n) is 5.10. The molecular formula is C10H15NO3. The van der Waals surface area contributed by atoms with Crippen LogP contribution in [0.1, 0.15) is 26.2 Å². The predicted molar refractivity (Wildman–Crippen MR) is 49.2 cm³/mol. The van der Waals surface area contributed by atoms with Crippen molar-refractivity contribution in [3.05, 3.63) is 0 Å². The van der Waals surface area contributed by atoms with E-state index in [-0.39, 0.29) is 23.8 Å². The van der Waals surface area contributed by atoms with Crippen LogP contribution in [0.5, 0.6) is 0 Å². The van der Waals surface area contributed by atoms with Crippen LogP contribution in [0.15, 0.2) is 0 Å². The van der Waals surface area contributed by atoms with Gasteiger partial charge in [-0.2, -0.15) is 0 Å². The summed E-state index contributed by atoms with van der Waals surface area (Å²) in [6, 6.07) is 0. The lowest BCUT2D eigenvalue weighted by atomic mass is 9.82. The van der Waals surface area contributed by atoms with E-state index in [0.29, 0.717) is 18.9 Å². The third-order valence-electron chi connectivity index (χ3n) is 3.12. The van der Waals surface area contributed by atoms with E-state index < -0.39 is 0 Å². The van der Waals surface area contributed by atoms with Crippen molar-refractivity contribution in [2.24, 2.45) is 11.8 Å². The predicted octanol–water partition coefficient (Wildman–Crippen LogP) is 0.152. The third kappa shape index (κ3) is 1.54. The minimum Gasteiger partial charge on any atom is -0.393 e. The quantitative estimate of drug-likeness (QED) is 0.641. The topological polar surface area (TPSA) is 57.6 Å². The molecule has 2 aliphatic rings. The highest BCUT2D eigenvalue weighted by Gasteiger charge is 2.39. The maximum Gasteiger partial charge on any atom is 0.232 e. The van der Waals surface area contributed by atoms with Crippen molar-refractivity contribution in [2.45, 2.75) is 32.3 Å². The lowest BCUT2D eigenvalue weighted by Crippen LogP contribution is -2.41. The first-order valence-corrected chi connectivity index (χ1v) is 5.10. The smallest absolute Gasteiger partial charge is 0.232 e. The summed E-state index contributed by atoms with van der Waals surface area (Å²) in [5.74, 6) is 0.0796. The summed E-state index contributed by atoms with van der Waals surface area (Å²) < 4.78 is 0. The summed E-state index contributed by atoms with van der Waals surface area (Å²) in [4.78, 5) is 24.3. The number of likely N-dealkylation sites (tertiary alicyclic amines) is 1. The summed E-state index contributed by atoms with van der Waals surface area (Å²) >= 11 is 0. The van der Waals surface area contributed by atoms with Crippen LogP contribution >= 0.6 is 0 Å². The van der Waals surface area contributed by atoms with Crippen LogP contribution in [0.3, 0.4) is 0 Å². The Bertz CT molecular complexity index is 271. The Balaban J connectivity index is 1.91. The van der Waals surface area contributed by atoms with Crippen molar-refractivity contribution >= 4 is 11.8 Å². The second-order valence-electron chi connectivity index (χ2n) is 4.44. The Morgan fingerprint density at radius 3 is 2.50 bits per heavy atom. The van der Waals surface area contributed by atoms with Crippen molar-refractivity contribution < 1.29 is 14.7 Å². The molecule has 4 nitrogen and oxygen atoms in total. The zero-order valence-electron chi connectivity index (χ0n) is 8.27. The van der Waals surface area contributed by atoms with Crippen molar-refractivity contribution in [1.82, 2.24) is 4.90 Å². The molecule has 0 bridgehead atoms. The van der Waals surface area contributed by atoms with E-state index in [2.05, 4.69) is 0 Å². The van der Waals surface area contributed by atoms with E-state index in [1.54, 1.807) is 6.92 Å². The van der Waals surface area contributed by atoms with Crippen molar-refractivity contribution in [2.75, 3.05) is 6.54 Å². The molecule has 4 heteroatoms. The van der Waals surface area contributed by atoms with Gasteiger partial charge >= 0.3 is 0 Å². The van der Waals surface area contributed by atoms with Crippen LogP contribution in [0.25, 0.3) is 0 Å². The molecule has 1 N–H and O–H groups in total. The van der Waals surface area contributed by atoms with E-state index in [1.165, 1.54) is 4.90 Å². The number of carbonyl (C=O) groups is 2. The lowest BCUT2D eigenvalue weighted by Gasteiger charge is -2.33. The summed E-state index contributed by atoms with van der Waals surface area (Å²) in [6.07, 6.45) is 1.59. The largest absolute Gasteiger partial charge is 0.393 e. The van der Waals surface area contributed by atoms with Crippen molar-refractivity contribution in [3.8, 4) is 0 Å². The van der Waals surface area contributed by atoms with Gasteiger partial charge < -0.3 is 5.11 Å². The van der Waals surface area contributed by atoms with Gasteiger partial charge in [-0.3, -0.25) is 14.5 Å². The van der Waals surface area contributed by atoms with Crippen LogP contribution in [0.4, 0.5) is 0 Å². The second-order valence-corrected chi connectivity index (χ2v) is 4.44. The maximum atomic E-state index is 11.5. The standard InChI is InChI=1S/C10H15NO3/c1-6-2-9(13)11(10(6)14)5-7-3-8(12)4-7/h6-8,12H,2-5H2,1H3. The average molecular weight is 197 g/mol. The molecule has 2 amide bonds. The molecule has 1 saturated heterocycles. The van der Waals surface area contributed by atoms with E-state index in [1.807, 2.05) is 0 Å². The van der Waals surface area contributed by atoms with Crippen LogP contribution < -0.4 is 0 Å². The van der Waals surface area contributed by atoms with Gasteiger partial charge in [-0.25, -0.2) is 0 Å². The zero-order valence-corrected chi connectivity index (χ0v) is 8.27. The number of hydrogen-bond donors (Lipinski definition) is 1. The Morgan fingerprint density at radius 1 is 1.43 bits per heavy atom. The lowest BCUT2D eigenvalue weighted by molar-refractivity contribution is -0.141. The summed E-state index contributed by atoms with van der Waals surface area (Å²) in [5, 5.41) is 9.09. The molecule has 1 saturated carbocycles. The van der Waals surface area contributed by atoms with Crippen LogP contribution in [0, 0.1) is 11.8 Å². The van der Waals surface area contributed by atoms with Crippen LogP contribution in [-0.4, -0.2) is 34.5 Å². The molecule has 1 heterocycles. The van der Waals surface area contributed by atoms with Crippen molar-refractivity contribution in [3.63, 3.8) is 0 Å². The minimum absolute atomic E-state index is 0.0450. The Hall–Kier alpha value is -0.900. The summed E-state index contributed by atoms with van der Waals surface area (Å²) in [7, 11) is 0. The monoisotopic (exact) mass is 197 g/mol. The van der Waals surface area contributed by atoms with Gasteiger partial charge in [-0.1, -0.05) is 6.92 Å². The minimum atomic E-state index is -0.217. The molecule has 1 unspecified atom stereocenters. The highest BCUT2D eigenvalue weighted by atomic mass is 16.3.